The van der Waals surface area contributed by atoms with Crippen LogP contribution in [0, 0.1) is 6.92 Å². The average Bonchev–Trinajstić information content (AvgIpc) is 2.84. The van der Waals surface area contributed by atoms with Crippen molar-refractivity contribution in [1.82, 2.24) is 0 Å². The summed E-state index contributed by atoms with van der Waals surface area (Å²) in [6.07, 6.45) is 0. The highest BCUT2D eigenvalue weighted by molar-refractivity contribution is 7.10. The van der Waals surface area contributed by atoms with Gasteiger partial charge in [-0.05, 0) is 23.8 Å². The molecule has 3 rings (SSSR count). The molecule has 0 spiro atoms. The van der Waals surface area contributed by atoms with Crippen LogP contribution in [0.3, 0.4) is 0 Å². The summed E-state index contributed by atoms with van der Waals surface area (Å²) < 4.78 is 0. The minimum absolute atomic E-state index is 0.108. The molecule has 88 valence electrons. The van der Waals surface area contributed by atoms with E-state index in [-0.39, 0.29) is 5.78 Å². The molecule has 1 nitrogen and oxygen atoms in total. The Morgan fingerprint density at radius 2 is 1.83 bits per heavy atom. The fraction of sp³-hybridized carbons (Fsp3) is 0.0625. The van der Waals surface area contributed by atoms with E-state index in [0.717, 1.165) is 21.9 Å². The Labute approximate surface area is 110 Å². The highest BCUT2D eigenvalue weighted by atomic mass is 32.1. The number of rotatable bonds is 2. The maximum Gasteiger partial charge on any atom is 0.194 e. The maximum absolute atomic E-state index is 12.5. The van der Waals surface area contributed by atoms with Gasteiger partial charge in [-0.25, -0.2) is 0 Å². The molecule has 0 bridgehead atoms. The van der Waals surface area contributed by atoms with Gasteiger partial charge in [-0.1, -0.05) is 42.5 Å². The number of benzene rings is 2. The lowest BCUT2D eigenvalue weighted by atomic mass is 9.98. The monoisotopic (exact) mass is 252 g/mol. The number of ketones is 1. The topological polar surface area (TPSA) is 17.1 Å². The molecule has 18 heavy (non-hydrogen) atoms. The molecule has 0 aliphatic carbocycles. The third-order valence-corrected chi connectivity index (χ3v) is 3.89. The summed E-state index contributed by atoms with van der Waals surface area (Å²) in [6, 6.07) is 15.8. The molecular weight excluding hydrogens is 240 g/mol. The first kappa shape index (κ1) is 11.2. The van der Waals surface area contributed by atoms with Crippen LogP contribution in [0.5, 0.6) is 0 Å². The largest absolute Gasteiger partial charge is 0.289 e. The molecule has 1 aromatic heterocycles. The minimum Gasteiger partial charge on any atom is -0.289 e. The average molecular weight is 252 g/mol. The predicted octanol–water partition coefficient (Wildman–Crippen LogP) is 4.44. The summed E-state index contributed by atoms with van der Waals surface area (Å²) in [5, 5.41) is 4.06. The molecule has 2 heteroatoms. The van der Waals surface area contributed by atoms with Crippen molar-refractivity contribution in [3.8, 4) is 0 Å². The van der Waals surface area contributed by atoms with E-state index >= 15 is 0 Å². The number of hydrogen-bond acceptors (Lipinski definition) is 2. The van der Waals surface area contributed by atoms with Crippen molar-refractivity contribution < 1.29 is 4.79 Å². The molecular formula is C16H12OS. The second-order valence-electron chi connectivity index (χ2n) is 4.30. The van der Waals surface area contributed by atoms with Crippen molar-refractivity contribution in [2.45, 2.75) is 6.92 Å². The second kappa shape index (κ2) is 4.39. The Morgan fingerprint density at radius 1 is 1.06 bits per heavy atom. The molecule has 0 aliphatic heterocycles. The van der Waals surface area contributed by atoms with E-state index in [2.05, 4.69) is 0 Å². The predicted molar refractivity (Wildman–Crippen MR) is 76.4 cm³/mol. The van der Waals surface area contributed by atoms with Crippen LogP contribution in [0.15, 0.2) is 53.9 Å². The van der Waals surface area contributed by atoms with Crippen LogP contribution in [-0.4, -0.2) is 5.78 Å². The molecule has 2 aromatic carbocycles. The van der Waals surface area contributed by atoms with Gasteiger partial charge < -0.3 is 0 Å². The van der Waals surface area contributed by atoms with Gasteiger partial charge in [0.05, 0.1) is 0 Å². The van der Waals surface area contributed by atoms with Crippen molar-refractivity contribution in [3.05, 3.63) is 69.9 Å². The van der Waals surface area contributed by atoms with Crippen LogP contribution >= 0.6 is 11.3 Å². The van der Waals surface area contributed by atoms with Gasteiger partial charge in [-0.15, -0.1) is 11.3 Å². The quantitative estimate of drug-likeness (QED) is 0.616. The fourth-order valence-electron chi connectivity index (χ4n) is 2.14. The van der Waals surface area contributed by atoms with Crippen molar-refractivity contribution in [3.63, 3.8) is 0 Å². The zero-order valence-corrected chi connectivity index (χ0v) is 10.8. The highest BCUT2D eigenvalue weighted by Gasteiger charge is 2.13. The van der Waals surface area contributed by atoms with Gasteiger partial charge in [0, 0.05) is 21.4 Å². The minimum atomic E-state index is 0.108. The van der Waals surface area contributed by atoms with Crippen molar-refractivity contribution in [2.75, 3.05) is 0 Å². The molecule has 1 heterocycles. The van der Waals surface area contributed by atoms with Crippen molar-refractivity contribution in [2.24, 2.45) is 0 Å². The fourth-order valence-corrected chi connectivity index (χ4v) is 2.82. The molecule has 0 saturated heterocycles. The molecule has 0 atom stereocenters. The van der Waals surface area contributed by atoms with Crippen LogP contribution in [0.4, 0.5) is 0 Å². The Hall–Kier alpha value is -1.93. The number of hydrogen-bond donors (Lipinski definition) is 0. The molecule has 0 fully saturated rings. The summed E-state index contributed by atoms with van der Waals surface area (Å²) in [7, 11) is 0. The first-order chi connectivity index (χ1) is 8.75. The molecule has 0 unspecified atom stereocenters. The first-order valence-corrected chi connectivity index (χ1v) is 6.71. The van der Waals surface area contributed by atoms with E-state index in [4.69, 9.17) is 0 Å². The van der Waals surface area contributed by atoms with Gasteiger partial charge in [-0.3, -0.25) is 4.79 Å². The second-order valence-corrected chi connectivity index (χ2v) is 5.42. The van der Waals surface area contributed by atoms with E-state index in [9.17, 15) is 4.79 Å². The van der Waals surface area contributed by atoms with Crippen LogP contribution < -0.4 is 0 Å². The summed E-state index contributed by atoms with van der Waals surface area (Å²) >= 11 is 1.61. The Morgan fingerprint density at radius 3 is 2.61 bits per heavy atom. The Bertz CT molecular complexity index is 719. The van der Waals surface area contributed by atoms with Gasteiger partial charge in [0.1, 0.15) is 0 Å². The van der Waals surface area contributed by atoms with Gasteiger partial charge >= 0.3 is 0 Å². The third-order valence-electron chi connectivity index (χ3n) is 3.03. The lowest BCUT2D eigenvalue weighted by Crippen LogP contribution is -2.00. The van der Waals surface area contributed by atoms with Gasteiger partial charge in [0.2, 0.25) is 0 Å². The molecule has 3 aromatic rings. The molecule has 0 amide bonds. The lowest BCUT2D eigenvalue weighted by Gasteiger charge is -2.04. The van der Waals surface area contributed by atoms with Gasteiger partial charge in [-0.2, -0.15) is 0 Å². The Balaban J connectivity index is 2.17. The van der Waals surface area contributed by atoms with Crippen LogP contribution in [-0.2, 0) is 0 Å². The molecule has 0 radical (unpaired) electrons. The van der Waals surface area contributed by atoms with E-state index in [0.29, 0.717) is 0 Å². The summed E-state index contributed by atoms with van der Waals surface area (Å²) in [6.45, 7) is 2.02. The van der Waals surface area contributed by atoms with Crippen LogP contribution in [0.25, 0.3) is 10.8 Å². The van der Waals surface area contributed by atoms with Crippen LogP contribution in [0.2, 0.25) is 0 Å². The zero-order chi connectivity index (χ0) is 12.5. The molecule has 0 N–H and O–H groups in total. The maximum atomic E-state index is 12.5. The van der Waals surface area contributed by atoms with E-state index < -0.39 is 0 Å². The summed E-state index contributed by atoms with van der Waals surface area (Å²) in [4.78, 5) is 13.6. The lowest BCUT2D eigenvalue weighted by molar-refractivity contribution is 0.104. The number of thiophene rings is 1. The van der Waals surface area contributed by atoms with Gasteiger partial charge in [0.15, 0.2) is 5.78 Å². The SMILES string of the molecule is Cc1cc(C(=O)c2cccc3ccccc23)cs1. The number of carbonyl (C=O) groups is 1. The van der Waals surface area contributed by atoms with E-state index in [1.54, 1.807) is 11.3 Å². The van der Waals surface area contributed by atoms with E-state index in [1.165, 1.54) is 4.88 Å². The van der Waals surface area contributed by atoms with Crippen LogP contribution in [0.1, 0.15) is 20.8 Å². The first-order valence-electron chi connectivity index (χ1n) is 5.83. The van der Waals surface area contributed by atoms with Crippen molar-refractivity contribution >= 4 is 27.9 Å². The highest BCUT2D eigenvalue weighted by Crippen LogP contribution is 2.23. The number of fused-ring (bicyclic) bond motifs is 1. The zero-order valence-electron chi connectivity index (χ0n) is 10.0. The summed E-state index contributed by atoms with van der Waals surface area (Å²) in [5.74, 6) is 0.108. The summed E-state index contributed by atoms with van der Waals surface area (Å²) in [5.41, 5.74) is 1.57. The Kier molecular flexibility index (Phi) is 2.73. The number of aryl methyl sites for hydroxylation is 1. The smallest absolute Gasteiger partial charge is 0.194 e. The van der Waals surface area contributed by atoms with E-state index in [1.807, 2.05) is 60.8 Å². The standard InChI is InChI=1S/C16H12OS/c1-11-9-13(10-18-11)16(17)15-8-4-6-12-5-2-3-7-14(12)15/h2-10H,1H3. The van der Waals surface area contributed by atoms with Crippen molar-refractivity contribution in [1.29, 1.82) is 0 Å². The number of carbonyl (C=O) groups excluding carboxylic acids is 1. The molecule has 0 saturated carbocycles. The molecule has 0 aliphatic rings. The normalized spacial score (nSPS) is 10.7. The van der Waals surface area contributed by atoms with Gasteiger partial charge in [0.25, 0.3) is 0 Å². The third kappa shape index (κ3) is 1.85.